The van der Waals surface area contributed by atoms with Gasteiger partial charge in [-0.1, -0.05) is 46.6 Å². The van der Waals surface area contributed by atoms with Crippen LogP contribution < -0.4 is 5.32 Å². The summed E-state index contributed by atoms with van der Waals surface area (Å²) < 4.78 is 28.3. The molecule has 1 heterocycles. The first-order valence-corrected chi connectivity index (χ1v) is 11.7. The Morgan fingerprint density at radius 2 is 1.79 bits per heavy atom. The summed E-state index contributed by atoms with van der Waals surface area (Å²) in [6, 6.07) is 12.3. The van der Waals surface area contributed by atoms with Crippen LogP contribution in [0.25, 0.3) is 0 Å². The fraction of sp³-hybridized carbons (Fsp3) is 0.381. The van der Waals surface area contributed by atoms with Gasteiger partial charge in [-0.05, 0) is 56.0 Å². The van der Waals surface area contributed by atoms with Gasteiger partial charge >= 0.3 is 0 Å². The Kier molecular flexibility index (Phi) is 6.58. The molecule has 28 heavy (non-hydrogen) atoms. The van der Waals surface area contributed by atoms with Gasteiger partial charge in [0.05, 0.1) is 10.9 Å². The third-order valence-corrected chi connectivity index (χ3v) is 7.74. The number of rotatable bonds is 5. The standard InChI is InChI=1S/C21H25BrN2O3S/c1-15-10-11-17(28(26,27)24-12-6-3-7-13-24)14-19(15)21(25)23-16(2)18-8-4-5-9-20(18)22/h4-5,8-11,14,16H,3,6-7,12-13H2,1-2H3,(H,23,25). The van der Waals surface area contributed by atoms with Gasteiger partial charge in [-0.2, -0.15) is 4.31 Å². The summed E-state index contributed by atoms with van der Waals surface area (Å²) in [6.07, 6.45) is 2.81. The highest BCUT2D eigenvalue weighted by Crippen LogP contribution is 2.25. The molecule has 5 nitrogen and oxygen atoms in total. The maximum Gasteiger partial charge on any atom is 0.252 e. The van der Waals surface area contributed by atoms with Crippen LogP contribution in [0.15, 0.2) is 51.8 Å². The molecule has 0 aliphatic carbocycles. The quantitative estimate of drug-likeness (QED) is 0.711. The highest BCUT2D eigenvalue weighted by atomic mass is 79.9. The Morgan fingerprint density at radius 3 is 2.46 bits per heavy atom. The Bertz CT molecular complexity index is 969. The van der Waals surface area contributed by atoms with Crippen molar-refractivity contribution in [2.45, 2.75) is 44.0 Å². The largest absolute Gasteiger partial charge is 0.345 e. The van der Waals surface area contributed by atoms with Crippen molar-refractivity contribution in [2.24, 2.45) is 0 Å². The Morgan fingerprint density at radius 1 is 1.11 bits per heavy atom. The molecule has 0 aromatic heterocycles. The van der Waals surface area contributed by atoms with Crippen LogP contribution >= 0.6 is 15.9 Å². The molecule has 0 saturated carbocycles. The van der Waals surface area contributed by atoms with Crippen LogP contribution in [0.2, 0.25) is 0 Å². The number of sulfonamides is 1. The van der Waals surface area contributed by atoms with Gasteiger partial charge in [0.25, 0.3) is 5.91 Å². The average molecular weight is 465 g/mol. The first-order valence-electron chi connectivity index (χ1n) is 9.47. The van der Waals surface area contributed by atoms with Gasteiger partial charge in [0.2, 0.25) is 10.0 Å². The monoisotopic (exact) mass is 464 g/mol. The smallest absolute Gasteiger partial charge is 0.252 e. The van der Waals surface area contributed by atoms with Gasteiger partial charge in [0, 0.05) is 23.1 Å². The SMILES string of the molecule is Cc1ccc(S(=O)(=O)N2CCCCC2)cc1C(=O)NC(C)c1ccccc1Br. The molecule has 0 spiro atoms. The minimum Gasteiger partial charge on any atom is -0.345 e. The van der Waals surface area contributed by atoms with Crippen LogP contribution in [-0.2, 0) is 10.0 Å². The molecule has 2 aromatic carbocycles. The highest BCUT2D eigenvalue weighted by molar-refractivity contribution is 9.10. The molecule has 1 fully saturated rings. The normalized spacial score (nSPS) is 16.5. The van der Waals surface area contributed by atoms with E-state index in [2.05, 4.69) is 21.2 Å². The molecular weight excluding hydrogens is 440 g/mol. The van der Waals surface area contributed by atoms with E-state index in [1.807, 2.05) is 38.1 Å². The van der Waals surface area contributed by atoms with Crippen LogP contribution in [0.5, 0.6) is 0 Å². The molecule has 2 aromatic rings. The van der Waals surface area contributed by atoms with E-state index in [4.69, 9.17) is 0 Å². The third-order valence-electron chi connectivity index (χ3n) is 5.13. The Labute approximate surface area is 175 Å². The highest BCUT2D eigenvalue weighted by Gasteiger charge is 2.27. The molecule has 1 saturated heterocycles. The first kappa shape index (κ1) is 21.0. The number of amides is 1. The topological polar surface area (TPSA) is 66.5 Å². The number of aryl methyl sites for hydroxylation is 1. The van der Waals surface area contributed by atoms with Gasteiger partial charge in [-0.3, -0.25) is 4.79 Å². The summed E-state index contributed by atoms with van der Waals surface area (Å²) in [5, 5.41) is 2.97. The van der Waals surface area contributed by atoms with Crippen molar-refractivity contribution >= 4 is 31.9 Å². The Hall–Kier alpha value is -1.70. The molecule has 150 valence electrons. The van der Waals surface area contributed by atoms with Crippen LogP contribution in [0.3, 0.4) is 0 Å². The molecule has 1 unspecified atom stereocenters. The molecule has 0 radical (unpaired) electrons. The molecular formula is C21H25BrN2O3S. The van der Waals surface area contributed by atoms with E-state index < -0.39 is 10.0 Å². The molecule has 1 N–H and O–H groups in total. The maximum atomic E-state index is 12.9. The van der Waals surface area contributed by atoms with E-state index >= 15 is 0 Å². The predicted molar refractivity (Wildman–Crippen MR) is 114 cm³/mol. The van der Waals surface area contributed by atoms with E-state index in [1.54, 1.807) is 12.1 Å². The second kappa shape index (κ2) is 8.76. The van der Waals surface area contributed by atoms with Crippen molar-refractivity contribution in [3.05, 3.63) is 63.6 Å². The number of carbonyl (C=O) groups is 1. The van der Waals surface area contributed by atoms with Crippen molar-refractivity contribution in [3.8, 4) is 0 Å². The van der Waals surface area contributed by atoms with Gasteiger partial charge in [0.1, 0.15) is 0 Å². The summed E-state index contributed by atoms with van der Waals surface area (Å²) >= 11 is 3.50. The lowest BCUT2D eigenvalue weighted by molar-refractivity contribution is 0.0939. The first-order chi connectivity index (χ1) is 13.3. The van der Waals surface area contributed by atoms with E-state index in [0.29, 0.717) is 18.7 Å². The number of hydrogen-bond donors (Lipinski definition) is 1. The fourth-order valence-corrected chi connectivity index (χ4v) is 5.61. The molecule has 1 aliphatic heterocycles. The van der Waals surface area contributed by atoms with Crippen molar-refractivity contribution < 1.29 is 13.2 Å². The molecule has 1 aliphatic rings. The number of nitrogens with zero attached hydrogens (tertiary/aromatic N) is 1. The second-order valence-corrected chi connectivity index (χ2v) is 9.95. The Balaban J connectivity index is 1.85. The van der Waals surface area contributed by atoms with Crippen molar-refractivity contribution in [2.75, 3.05) is 13.1 Å². The number of benzene rings is 2. The van der Waals surface area contributed by atoms with Crippen LogP contribution in [0.4, 0.5) is 0 Å². The van der Waals surface area contributed by atoms with Crippen molar-refractivity contribution in [1.82, 2.24) is 9.62 Å². The summed E-state index contributed by atoms with van der Waals surface area (Å²) in [7, 11) is -3.58. The van der Waals surface area contributed by atoms with Crippen LogP contribution in [-0.4, -0.2) is 31.7 Å². The number of halogens is 1. The van der Waals surface area contributed by atoms with Crippen LogP contribution in [0.1, 0.15) is 53.7 Å². The minimum absolute atomic E-state index is 0.179. The predicted octanol–water partition coefficient (Wildman–Crippen LogP) is 4.42. The van der Waals surface area contributed by atoms with Gasteiger partial charge in [-0.25, -0.2) is 8.42 Å². The van der Waals surface area contributed by atoms with Crippen molar-refractivity contribution in [1.29, 1.82) is 0 Å². The summed E-state index contributed by atoms with van der Waals surface area (Å²) in [6.45, 7) is 4.80. The van der Waals surface area contributed by atoms with E-state index in [-0.39, 0.29) is 16.8 Å². The average Bonchev–Trinajstić information content (AvgIpc) is 2.69. The van der Waals surface area contributed by atoms with Gasteiger partial charge in [-0.15, -0.1) is 0 Å². The van der Waals surface area contributed by atoms with E-state index in [0.717, 1.165) is 34.9 Å². The third kappa shape index (κ3) is 4.47. The molecule has 1 amide bonds. The fourth-order valence-electron chi connectivity index (χ4n) is 3.44. The van der Waals surface area contributed by atoms with Crippen molar-refractivity contribution in [3.63, 3.8) is 0 Å². The summed E-state index contributed by atoms with van der Waals surface area (Å²) in [4.78, 5) is 13.1. The lowest BCUT2D eigenvalue weighted by Crippen LogP contribution is -2.35. The number of hydrogen-bond acceptors (Lipinski definition) is 3. The number of piperidine rings is 1. The minimum atomic E-state index is -3.58. The second-order valence-electron chi connectivity index (χ2n) is 7.16. The van der Waals surface area contributed by atoms with Gasteiger partial charge in [0.15, 0.2) is 0 Å². The maximum absolute atomic E-state index is 12.9. The zero-order chi connectivity index (χ0) is 20.3. The van der Waals surface area contributed by atoms with Gasteiger partial charge < -0.3 is 5.32 Å². The van der Waals surface area contributed by atoms with E-state index in [9.17, 15) is 13.2 Å². The zero-order valence-corrected chi connectivity index (χ0v) is 18.5. The molecule has 0 bridgehead atoms. The zero-order valence-electron chi connectivity index (χ0n) is 16.1. The molecule has 1 atom stereocenters. The molecule has 3 rings (SSSR count). The lowest BCUT2D eigenvalue weighted by atomic mass is 10.1. The van der Waals surface area contributed by atoms with E-state index in [1.165, 1.54) is 10.4 Å². The summed E-state index contributed by atoms with van der Waals surface area (Å²) in [5.74, 6) is -0.281. The molecule has 7 heteroatoms. The number of carbonyl (C=O) groups excluding carboxylic acids is 1. The summed E-state index contributed by atoms with van der Waals surface area (Å²) in [5.41, 5.74) is 2.09. The van der Waals surface area contributed by atoms with Crippen LogP contribution in [0, 0.1) is 6.92 Å². The lowest BCUT2D eigenvalue weighted by Gasteiger charge is -2.26. The number of nitrogens with one attached hydrogen (secondary N) is 1.